The molecule has 0 bridgehead atoms. The summed E-state index contributed by atoms with van der Waals surface area (Å²) < 4.78 is 6.23. The van der Waals surface area contributed by atoms with E-state index in [2.05, 4.69) is 25.9 Å². The zero-order valence-corrected chi connectivity index (χ0v) is 11.5. The molecular weight excluding hydrogens is 302 g/mol. The molecule has 0 saturated carbocycles. The largest absolute Gasteiger partial charge is 0.490 e. The highest BCUT2D eigenvalue weighted by Gasteiger charge is 2.10. The van der Waals surface area contributed by atoms with Gasteiger partial charge in [-0.3, -0.25) is 0 Å². The van der Waals surface area contributed by atoms with Crippen molar-refractivity contribution in [1.82, 2.24) is 9.97 Å². The number of hydrogen-bond donors (Lipinski definition) is 1. The lowest BCUT2D eigenvalue weighted by atomic mass is 10.4. The zero-order valence-electron chi connectivity index (χ0n) is 9.05. The van der Waals surface area contributed by atoms with Crippen LogP contribution in [0.3, 0.4) is 0 Å². The molecular formula is C11H10BrN3OS. The minimum absolute atomic E-state index is 0.349. The van der Waals surface area contributed by atoms with Crippen LogP contribution in [0, 0.1) is 0 Å². The smallest absolute Gasteiger partial charge is 0.193 e. The lowest BCUT2D eigenvalue weighted by Gasteiger charge is -2.08. The van der Waals surface area contributed by atoms with E-state index in [1.54, 1.807) is 7.11 Å². The van der Waals surface area contributed by atoms with Crippen LogP contribution in [0.5, 0.6) is 5.75 Å². The fraction of sp³-hybridized carbons (Fsp3) is 0.0909. The third-order valence-corrected chi connectivity index (χ3v) is 3.55. The molecule has 6 heteroatoms. The molecule has 2 aromatic rings. The third-order valence-electron chi connectivity index (χ3n) is 2.03. The van der Waals surface area contributed by atoms with Gasteiger partial charge in [0.15, 0.2) is 11.6 Å². The molecule has 1 aromatic heterocycles. The second kappa shape index (κ2) is 5.37. The predicted octanol–water partition coefficient (Wildman–Crippen LogP) is 2.98. The van der Waals surface area contributed by atoms with E-state index in [-0.39, 0.29) is 0 Å². The number of rotatable bonds is 3. The first-order valence-corrected chi connectivity index (χ1v) is 6.39. The van der Waals surface area contributed by atoms with Crippen LogP contribution in [0.4, 0.5) is 5.82 Å². The van der Waals surface area contributed by atoms with Crippen molar-refractivity contribution < 1.29 is 4.74 Å². The van der Waals surface area contributed by atoms with Crippen LogP contribution in [-0.4, -0.2) is 17.1 Å². The van der Waals surface area contributed by atoms with Gasteiger partial charge in [-0.05, 0) is 24.3 Å². The molecule has 0 fully saturated rings. The van der Waals surface area contributed by atoms with Crippen molar-refractivity contribution in [2.75, 3.05) is 12.8 Å². The van der Waals surface area contributed by atoms with Gasteiger partial charge in [0, 0.05) is 9.37 Å². The average molecular weight is 312 g/mol. The summed E-state index contributed by atoms with van der Waals surface area (Å²) in [6, 6.07) is 7.93. The standard InChI is InChI=1S/C11H10BrN3OS/c1-16-9-10(13)14-6-15-11(9)17-8-4-2-7(12)3-5-8/h2-6H,1H3,(H2,13,14,15). The number of halogens is 1. The van der Waals surface area contributed by atoms with E-state index in [1.807, 2.05) is 24.3 Å². The van der Waals surface area contributed by atoms with Crippen LogP contribution in [0.15, 0.2) is 45.0 Å². The summed E-state index contributed by atoms with van der Waals surface area (Å²) in [4.78, 5) is 9.11. The van der Waals surface area contributed by atoms with E-state index in [1.165, 1.54) is 18.1 Å². The minimum Gasteiger partial charge on any atom is -0.490 e. The Morgan fingerprint density at radius 3 is 2.59 bits per heavy atom. The summed E-state index contributed by atoms with van der Waals surface area (Å²) in [6.45, 7) is 0. The zero-order chi connectivity index (χ0) is 12.3. The monoisotopic (exact) mass is 311 g/mol. The molecule has 0 aliphatic rings. The summed E-state index contributed by atoms with van der Waals surface area (Å²) in [7, 11) is 1.56. The van der Waals surface area contributed by atoms with Crippen molar-refractivity contribution in [2.24, 2.45) is 0 Å². The van der Waals surface area contributed by atoms with Crippen LogP contribution >= 0.6 is 27.7 Å². The van der Waals surface area contributed by atoms with Crippen molar-refractivity contribution in [3.63, 3.8) is 0 Å². The van der Waals surface area contributed by atoms with Crippen molar-refractivity contribution in [3.05, 3.63) is 35.1 Å². The number of aromatic nitrogens is 2. The lowest BCUT2D eigenvalue weighted by molar-refractivity contribution is 0.401. The van der Waals surface area contributed by atoms with Gasteiger partial charge in [-0.2, -0.15) is 0 Å². The number of anilines is 1. The average Bonchev–Trinajstić information content (AvgIpc) is 2.32. The van der Waals surface area contributed by atoms with Crippen LogP contribution in [0.1, 0.15) is 0 Å². The molecule has 0 radical (unpaired) electrons. The first kappa shape index (κ1) is 12.2. The number of benzene rings is 1. The summed E-state index contributed by atoms with van der Waals surface area (Å²) in [6.07, 6.45) is 1.43. The first-order chi connectivity index (χ1) is 8.20. The molecule has 1 aromatic carbocycles. The molecule has 17 heavy (non-hydrogen) atoms. The van der Waals surface area contributed by atoms with Gasteiger partial charge in [0.05, 0.1) is 7.11 Å². The predicted molar refractivity (Wildman–Crippen MR) is 71.3 cm³/mol. The van der Waals surface area contributed by atoms with Gasteiger partial charge in [-0.15, -0.1) is 0 Å². The van der Waals surface area contributed by atoms with E-state index >= 15 is 0 Å². The Bertz CT molecular complexity index is 519. The van der Waals surface area contributed by atoms with Gasteiger partial charge < -0.3 is 10.5 Å². The maximum atomic E-state index is 5.71. The highest BCUT2D eigenvalue weighted by Crippen LogP contribution is 2.35. The fourth-order valence-corrected chi connectivity index (χ4v) is 2.39. The molecule has 2 rings (SSSR count). The van der Waals surface area contributed by atoms with Gasteiger partial charge in [0.2, 0.25) is 0 Å². The minimum atomic E-state index is 0.349. The van der Waals surface area contributed by atoms with E-state index in [0.29, 0.717) is 16.6 Å². The second-order valence-electron chi connectivity index (χ2n) is 3.15. The molecule has 0 saturated heterocycles. The Labute approximate surface area is 112 Å². The number of ether oxygens (including phenoxy) is 1. The Kier molecular flexibility index (Phi) is 3.86. The highest BCUT2D eigenvalue weighted by molar-refractivity contribution is 9.10. The number of nitrogens with zero attached hydrogens (tertiary/aromatic N) is 2. The number of nitrogen functional groups attached to an aromatic ring is 1. The molecule has 0 spiro atoms. The maximum Gasteiger partial charge on any atom is 0.193 e. The molecule has 0 amide bonds. The number of methoxy groups -OCH3 is 1. The Morgan fingerprint density at radius 1 is 1.24 bits per heavy atom. The van der Waals surface area contributed by atoms with Crippen LogP contribution in [0.2, 0.25) is 0 Å². The summed E-state index contributed by atoms with van der Waals surface area (Å²) >= 11 is 4.88. The summed E-state index contributed by atoms with van der Waals surface area (Å²) in [5.74, 6) is 0.863. The lowest BCUT2D eigenvalue weighted by Crippen LogP contribution is -1.98. The van der Waals surface area contributed by atoms with E-state index in [0.717, 1.165) is 9.37 Å². The molecule has 0 unspecified atom stereocenters. The normalized spacial score (nSPS) is 10.2. The highest BCUT2D eigenvalue weighted by atomic mass is 79.9. The van der Waals surface area contributed by atoms with E-state index in [9.17, 15) is 0 Å². The number of hydrogen-bond acceptors (Lipinski definition) is 5. The van der Waals surface area contributed by atoms with Crippen molar-refractivity contribution in [1.29, 1.82) is 0 Å². The first-order valence-electron chi connectivity index (χ1n) is 4.78. The Hall–Kier alpha value is -1.27. The Morgan fingerprint density at radius 2 is 1.94 bits per heavy atom. The second-order valence-corrected chi connectivity index (χ2v) is 5.13. The van der Waals surface area contributed by atoms with Gasteiger partial charge in [-0.25, -0.2) is 9.97 Å². The number of nitrogens with two attached hydrogens (primary N) is 1. The van der Waals surface area contributed by atoms with Gasteiger partial charge in [0.25, 0.3) is 0 Å². The van der Waals surface area contributed by atoms with Crippen LogP contribution in [-0.2, 0) is 0 Å². The maximum absolute atomic E-state index is 5.71. The summed E-state index contributed by atoms with van der Waals surface area (Å²) in [5, 5.41) is 0.710. The van der Waals surface area contributed by atoms with Crippen LogP contribution in [0.25, 0.3) is 0 Å². The van der Waals surface area contributed by atoms with Crippen LogP contribution < -0.4 is 10.5 Å². The fourth-order valence-electron chi connectivity index (χ4n) is 1.25. The van der Waals surface area contributed by atoms with E-state index in [4.69, 9.17) is 10.5 Å². The Balaban J connectivity index is 2.29. The van der Waals surface area contributed by atoms with Crippen molar-refractivity contribution in [3.8, 4) is 5.75 Å². The van der Waals surface area contributed by atoms with E-state index < -0.39 is 0 Å². The molecule has 0 aliphatic carbocycles. The quantitative estimate of drug-likeness (QED) is 0.883. The third kappa shape index (κ3) is 2.89. The molecule has 88 valence electrons. The molecule has 2 N–H and O–H groups in total. The molecule has 4 nitrogen and oxygen atoms in total. The molecule has 0 atom stereocenters. The van der Waals surface area contributed by atoms with Gasteiger partial charge in [0.1, 0.15) is 11.4 Å². The van der Waals surface area contributed by atoms with Gasteiger partial charge >= 0.3 is 0 Å². The molecule has 0 aliphatic heterocycles. The van der Waals surface area contributed by atoms with Crippen molar-refractivity contribution >= 4 is 33.5 Å². The summed E-state index contributed by atoms with van der Waals surface area (Å²) in [5.41, 5.74) is 5.71. The van der Waals surface area contributed by atoms with Crippen molar-refractivity contribution in [2.45, 2.75) is 9.92 Å². The SMILES string of the molecule is COc1c(N)ncnc1Sc1ccc(Br)cc1. The topological polar surface area (TPSA) is 61.0 Å². The molecule has 1 heterocycles. The van der Waals surface area contributed by atoms with Gasteiger partial charge in [-0.1, -0.05) is 27.7 Å².